The van der Waals surface area contributed by atoms with Crippen LogP contribution in [0.3, 0.4) is 0 Å². The van der Waals surface area contributed by atoms with Crippen molar-refractivity contribution < 1.29 is 29.0 Å². The highest BCUT2D eigenvalue weighted by atomic mass is 16.6. The molecule has 116 valence electrons. The zero-order valence-corrected chi connectivity index (χ0v) is 11.8. The fraction of sp³-hybridized carbons (Fsp3) is 0.462. The predicted octanol–water partition coefficient (Wildman–Crippen LogP) is 1.08. The number of esters is 1. The molecule has 8 nitrogen and oxygen atoms in total. The van der Waals surface area contributed by atoms with Crippen LogP contribution in [-0.2, 0) is 16.0 Å². The monoisotopic (exact) mass is 299 g/mol. The molecule has 0 fully saturated rings. The summed E-state index contributed by atoms with van der Waals surface area (Å²) in [6.45, 7) is 0.187. The summed E-state index contributed by atoms with van der Waals surface area (Å²) >= 11 is 0. The van der Waals surface area contributed by atoms with E-state index in [9.17, 15) is 14.9 Å². The van der Waals surface area contributed by atoms with E-state index >= 15 is 0 Å². The fourth-order valence-corrected chi connectivity index (χ4v) is 1.65. The Bertz CT molecular complexity index is 515. The van der Waals surface area contributed by atoms with Gasteiger partial charge < -0.3 is 19.3 Å². The second kappa shape index (κ2) is 8.05. The lowest BCUT2D eigenvalue weighted by molar-refractivity contribution is -0.385. The zero-order chi connectivity index (χ0) is 15.8. The minimum atomic E-state index is -0.599. The number of carbonyl (C=O) groups is 1. The molecule has 21 heavy (non-hydrogen) atoms. The molecule has 0 atom stereocenters. The number of nitro groups is 1. The predicted molar refractivity (Wildman–Crippen MR) is 72.6 cm³/mol. The number of rotatable bonds is 8. The first-order valence-electron chi connectivity index (χ1n) is 6.19. The molecule has 8 heteroatoms. The van der Waals surface area contributed by atoms with Crippen LogP contribution in [-0.4, -0.2) is 43.4 Å². The van der Waals surface area contributed by atoms with E-state index in [0.717, 1.165) is 0 Å². The molecule has 0 unspecified atom stereocenters. The summed E-state index contributed by atoms with van der Waals surface area (Å²) < 4.78 is 15.0. The molecule has 1 aromatic carbocycles. The van der Waals surface area contributed by atoms with Gasteiger partial charge in [0.1, 0.15) is 0 Å². The van der Waals surface area contributed by atoms with Crippen LogP contribution in [0.5, 0.6) is 11.5 Å². The smallest absolute Gasteiger partial charge is 0.310 e. The molecule has 0 aliphatic carbocycles. The maximum atomic E-state index is 11.3. The average Bonchev–Trinajstić information content (AvgIpc) is 2.47. The maximum absolute atomic E-state index is 11.3. The third-order valence-corrected chi connectivity index (χ3v) is 2.68. The molecule has 0 heterocycles. The van der Waals surface area contributed by atoms with E-state index in [1.54, 1.807) is 0 Å². The van der Waals surface area contributed by atoms with Gasteiger partial charge in [-0.25, -0.2) is 0 Å². The highest BCUT2D eigenvalue weighted by molar-refractivity contribution is 5.75. The standard InChI is InChI=1S/C13H17NO7/c1-19-11-8-10(14(17)18)9(7-13(16)20-2)6-12(11)21-5-3-4-15/h6,8,15H,3-5,7H2,1-2H3. The van der Waals surface area contributed by atoms with Crippen LogP contribution < -0.4 is 9.47 Å². The first-order chi connectivity index (χ1) is 10.0. The number of aliphatic hydroxyl groups excluding tert-OH is 1. The number of hydrogen-bond donors (Lipinski definition) is 1. The number of aliphatic hydroxyl groups is 1. The molecular weight excluding hydrogens is 282 g/mol. The molecular formula is C13H17NO7. The molecule has 0 aliphatic heterocycles. The molecule has 0 saturated carbocycles. The second-order valence-electron chi connectivity index (χ2n) is 4.07. The molecule has 0 aromatic heterocycles. The van der Waals surface area contributed by atoms with E-state index in [0.29, 0.717) is 6.42 Å². The summed E-state index contributed by atoms with van der Waals surface area (Å²) in [7, 11) is 2.56. The van der Waals surface area contributed by atoms with Crippen molar-refractivity contribution in [2.45, 2.75) is 12.8 Å². The normalized spacial score (nSPS) is 10.0. The van der Waals surface area contributed by atoms with Crippen molar-refractivity contribution in [1.82, 2.24) is 0 Å². The lowest BCUT2D eigenvalue weighted by Gasteiger charge is -2.12. The van der Waals surface area contributed by atoms with Gasteiger partial charge in [-0.15, -0.1) is 0 Å². The summed E-state index contributed by atoms with van der Waals surface area (Å²) in [4.78, 5) is 21.8. The van der Waals surface area contributed by atoms with Crippen LogP contribution in [0.2, 0.25) is 0 Å². The van der Waals surface area contributed by atoms with Gasteiger partial charge in [0.05, 0.1) is 38.2 Å². The molecule has 0 bridgehead atoms. The number of methoxy groups -OCH3 is 2. The van der Waals surface area contributed by atoms with Crippen molar-refractivity contribution in [3.05, 3.63) is 27.8 Å². The highest BCUT2D eigenvalue weighted by Gasteiger charge is 2.21. The van der Waals surface area contributed by atoms with Crippen LogP contribution in [0, 0.1) is 10.1 Å². The Balaban J connectivity index is 3.15. The van der Waals surface area contributed by atoms with E-state index < -0.39 is 10.9 Å². The maximum Gasteiger partial charge on any atom is 0.310 e. The van der Waals surface area contributed by atoms with Gasteiger partial charge in [-0.05, 0) is 6.07 Å². The third kappa shape index (κ3) is 4.60. The van der Waals surface area contributed by atoms with E-state index in [2.05, 4.69) is 4.74 Å². The summed E-state index contributed by atoms with van der Waals surface area (Å²) in [6.07, 6.45) is 0.166. The number of benzene rings is 1. The third-order valence-electron chi connectivity index (χ3n) is 2.68. The SMILES string of the molecule is COC(=O)Cc1cc(OCCCO)c(OC)cc1[N+](=O)[O-]. The Morgan fingerprint density at radius 3 is 2.57 bits per heavy atom. The van der Waals surface area contributed by atoms with Crippen molar-refractivity contribution in [3.63, 3.8) is 0 Å². The van der Waals surface area contributed by atoms with Crippen molar-refractivity contribution in [2.75, 3.05) is 27.4 Å². The molecule has 0 spiro atoms. The van der Waals surface area contributed by atoms with Crippen LogP contribution in [0.15, 0.2) is 12.1 Å². The van der Waals surface area contributed by atoms with Gasteiger partial charge in [-0.1, -0.05) is 0 Å². The quantitative estimate of drug-likeness (QED) is 0.331. The van der Waals surface area contributed by atoms with Crippen molar-refractivity contribution >= 4 is 11.7 Å². The fourth-order valence-electron chi connectivity index (χ4n) is 1.65. The van der Waals surface area contributed by atoms with Crippen molar-refractivity contribution in [3.8, 4) is 11.5 Å². The molecule has 1 rings (SSSR count). The van der Waals surface area contributed by atoms with Gasteiger partial charge in [0.25, 0.3) is 5.69 Å². The van der Waals surface area contributed by atoms with Crippen molar-refractivity contribution in [1.29, 1.82) is 0 Å². The van der Waals surface area contributed by atoms with E-state index in [1.807, 2.05) is 0 Å². The molecule has 1 aromatic rings. The number of ether oxygens (including phenoxy) is 3. The van der Waals surface area contributed by atoms with E-state index in [4.69, 9.17) is 14.6 Å². The lowest BCUT2D eigenvalue weighted by Crippen LogP contribution is -2.08. The topological polar surface area (TPSA) is 108 Å². The van der Waals surface area contributed by atoms with Gasteiger partial charge in [0.2, 0.25) is 0 Å². The van der Waals surface area contributed by atoms with Gasteiger partial charge in [-0.3, -0.25) is 14.9 Å². The van der Waals surface area contributed by atoms with Crippen LogP contribution in [0.4, 0.5) is 5.69 Å². The number of hydrogen-bond acceptors (Lipinski definition) is 7. The van der Waals surface area contributed by atoms with Gasteiger partial charge in [-0.2, -0.15) is 0 Å². The summed E-state index contributed by atoms with van der Waals surface area (Å²) in [5.41, 5.74) is -0.0709. The van der Waals surface area contributed by atoms with Crippen LogP contribution >= 0.6 is 0 Å². The summed E-state index contributed by atoms with van der Waals surface area (Å²) in [5, 5.41) is 19.8. The van der Waals surface area contributed by atoms with E-state index in [1.165, 1.54) is 26.4 Å². The Morgan fingerprint density at radius 2 is 2.05 bits per heavy atom. The first-order valence-corrected chi connectivity index (χ1v) is 6.19. The van der Waals surface area contributed by atoms with Gasteiger partial charge in [0.15, 0.2) is 11.5 Å². The second-order valence-corrected chi connectivity index (χ2v) is 4.07. The largest absolute Gasteiger partial charge is 0.493 e. The number of carbonyl (C=O) groups excluding carboxylic acids is 1. The van der Waals surface area contributed by atoms with Crippen LogP contribution in [0.25, 0.3) is 0 Å². The minimum Gasteiger partial charge on any atom is -0.493 e. The van der Waals surface area contributed by atoms with Gasteiger partial charge in [0, 0.05) is 18.6 Å². The van der Waals surface area contributed by atoms with Crippen LogP contribution in [0.1, 0.15) is 12.0 Å². The number of nitrogens with zero attached hydrogens (tertiary/aromatic N) is 1. The zero-order valence-electron chi connectivity index (χ0n) is 11.8. The Hall–Kier alpha value is -2.35. The average molecular weight is 299 g/mol. The van der Waals surface area contributed by atoms with E-state index in [-0.39, 0.29) is 42.4 Å². The first kappa shape index (κ1) is 16.7. The Kier molecular flexibility index (Phi) is 6.41. The Labute approximate surface area is 121 Å². The summed E-state index contributed by atoms with van der Waals surface area (Å²) in [6, 6.07) is 2.58. The minimum absolute atomic E-state index is 0.0374. The number of nitro benzene ring substituents is 1. The highest BCUT2D eigenvalue weighted by Crippen LogP contribution is 2.35. The summed E-state index contributed by atoms with van der Waals surface area (Å²) in [5.74, 6) is -0.131. The molecule has 0 aliphatic rings. The molecule has 0 amide bonds. The Morgan fingerprint density at radius 1 is 1.33 bits per heavy atom. The molecule has 0 saturated heterocycles. The lowest BCUT2D eigenvalue weighted by atomic mass is 10.1. The van der Waals surface area contributed by atoms with Crippen molar-refractivity contribution in [2.24, 2.45) is 0 Å². The van der Waals surface area contributed by atoms with Gasteiger partial charge >= 0.3 is 5.97 Å². The molecule has 1 N–H and O–H groups in total. The molecule has 0 radical (unpaired) electrons.